The third-order valence-corrected chi connectivity index (χ3v) is 4.17. The standard InChI is InChI=1S/C20H26FN/c1-14-13-16(8-11-18(14)21)19(22)12-7-15-5-9-17(10-6-15)20(2,3)4/h5-6,8-11,13,19H,7,12,22H2,1-4H3. The Morgan fingerprint density at radius 2 is 1.68 bits per heavy atom. The van der Waals surface area contributed by atoms with Crippen LogP contribution in [0.3, 0.4) is 0 Å². The second kappa shape index (κ2) is 6.62. The topological polar surface area (TPSA) is 26.0 Å². The van der Waals surface area contributed by atoms with E-state index in [0.717, 1.165) is 18.4 Å². The zero-order valence-electron chi connectivity index (χ0n) is 14.0. The average Bonchev–Trinajstić information content (AvgIpc) is 2.47. The molecule has 0 spiro atoms. The molecule has 1 nitrogen and oxygen atoms in total. The highest BCUT2D eigenvalue weighted by atomic mass is 19.1. The Morgan fingerprint density at radius 3 is 2.23 bits per heavy atom. The van der Waals surface area contributed by atoms with E-state index in [1.807, 2.05) is 6.07 Å². The van der Waals surface area contributed by atoms with Gasteiger partial charge in [0.15, 0.2) is 0 Å². The lowest BCUT2D eigenvalue weighted by molar-refractivity contribution is 0.589. The van der Waals surface area contributed by atoms with Crippen molar-refractivity contribution in [2.24, 2.45) is 5.73 Å². The molecule has 0 aliphatic carbocycles. The number of nitrogens with two attached hydrogens (primary N) is 1. The molecular weight excluding hydrogens is 273 g/mol. The Kier molecular flexibility index (Phi) is 5.02. The van der Waals surface area contributed by atoms with Crippen LogP contribution >= 0.6 is 0 Å². The molecule has 0 heterocycles. The summed E-state index contributed by atoms with van der Waals surface area (Å²) in [6.45, 7) is 8.43. The molecule has 2 heteroatoms. The smallest absolute Gasteiger partial charge is 0.126 e. The molecule has 1 atom stereocenters. The number of hydrogen-bond acceptors (Lipinski definition) is 1. The summed E-state index contributed by atoms with van der Waals surface area (Å²) in [6, 6.07) is 13.8. The first kappa shape index (κ1) is 16.7. The molecule has 2 aromatic rings. The molecule has 2 aromatic carbocycles. The summed E-state index contributed by atoms with van der Waals surface area (Å²) in [4.78, 5) is 0. The molecule has 0 radical (unpaired) electrons. The lowest BCUT2D eigenvalue weighted by Crippen LogP contribution is -2.12. The fourth-order valence-electron chi connectivity index (χ4n) is 2.56. The van der Waals surface area contributed by atoms with Crippen LogP contribution in [0.15, 0.2) is 42.5 Å². The van der Waals surface area contributed by atoms with Gasteiger partial charge in [-0.25, -0.2) is 4.39 Å². The predicted octanol–water partition coefficient (Wildman–Crippen LogP) is 5.06. The molecule has 1 unspecified atom stereocenters. The van der Waals surface area contributed by atoms with Gasteiger partial charge < -0.3 is 5.73 Å². The summed E-state index contributed by atoms with van der Waals surface area (Å²) in [5.41, 5.74) is 10.7. The minimum absolute atomic E-state index is 0.0541. The highest BCUT2D eigenvalue weighted by Crippen LogP contribution is 2.24. The van der Waals surface area contributed by atoms with Crippen molar-refractivity contribution in [3.05, 3.63) is 70.5 Å². The van der Waals surface area contributed by atoms with Crippen molar-refractivity contribution < 1.29 is 4.39 Å². The fourth-order valence-corrected chi connectivity index (χ4v) is 2.56. The third-order valence-electron chi connectivity index (χ3n) is 4.17. The Morgan fingerprint density at radius 1 is 1.05 bits per heavy atom. The van der Waals surface area contributed by atoms with Gasteiger partial charge in [-0.15, -0.1) is 0 Å². The summed E-state index contributed by atoms with van der Waals surface area (Å²) in [5.74, 6) is -0.172. The molecule has 22 heavy (non-hydrogen) atoms. The quantitative estimate of drug-likeness (QED) is 0.838. The zero-order valence-corrected chi connectivity index (χ0v) is 14.0. The van der Waals surface area contributed by atoms with Crippen LogP contribution in [0.1, 0.15) is 55.5 Å². The normalized spacial score (nSPS) is 13.2. The van der Waals surface area contributed by atoms with E-state index < -0.39 is 0 Å². The van der Waals surface area contributed by atoms with Gasteiger partial charge in [0.25, 0.3) is 0 Å². The summed E-state index contributed by atoms with van der Waals surface area (Å²) in [7, 11) is 0. The van der Waals surface area contributed by atoms with E-state index >= 15 is 0 Å². The largest absolute Gasteiger partial charge is 0.324 e. The van der Waals surface area contributed by atoms with E-state index in [1.54, 1.807) is 13.0 Å². The lowest BCUT2D eigenvalue weighted by Gasteiger charge is -2.19. The van der Waals surface area contributed by atoms with Crippen molar-refractivity contribution in [1.29, 1.82) is 0 Å². The van der Waals surface area contributed by atoms with Crippen LogP contribution in [0.4, 0.5) is 4.39 Å². The minimum Gasteiger partial charge on any atom is -0.324 e. The Bertz CT molecular complexity index is 623. The van der Waals surface area contributed by atoms with E-state index in [1.165, 1.54) is 17.2 Å². The fraction of sp³-hybridized carbons (Fsp3) is 0.400. The second-order valence-corrected chi connectivity index (χ2v) is 7.10. The van der Waals surface area contributed by atoms with Crippen molar-refractivity contribution in [1.82, 2.24) is 0 Å². The van der Waals surface area contributed by atoms with Gasteiger partial charge in [-0.2, -0.15) is 0 Å². The maximum atomic E-state index is 13.3. The van der Waals surface area contributed by atoms with E-state index in [4.69, 9.17) is 5.73 Å². The van der Waals surface area contributed by atoms with E-state index in [0.29, 0.717) is 5.56 Å². The average molecular weight is 299 g/mol. The molecule has 0 saturated heterocycles. The summed E-state index contributed by atoms with van der Waals surface area (Å²) in [6.07, 6.45) is 1.79. The van der Waals surface area contributed by atoms with Gasteiger partial charge in [0.1, 0.15) is 5.82 Å². The van der Waals surface area contributed by atoms with Gasteiger partial charge in [0.2, 0.25) is 0 Å². The molecule has 0 aromatic heterocycles. The van der Waals surface area contributed by atoms with E-state index in [2.05, 4.69) is 45.0 Å². The number of rotatable bonds is 4. The molecule has 0 aliphatic rings. The molecule has 2 N–H and O–H groups in total. The molecule has 2 rings (SSSR count). The number of benzene rings is 2. The third kappa shape index (κ3) is 4.17. The van der Waals surface area contributed by atoms with Crippen LogP contribution < -0.4 is 5.73 Å². The number of aryl methyl sites for hydroxylation is 2. The Balaban J connectivity index is 1.98. The second-order valence-electron chi connectivity index (χ2n) is 7.10. The van der Waals surface area contributed by atoms with Crippen molar-refractivity contribution in [2.75, 3.05) is 0 Å². The van der Waals surface area contributed by atoms with Crippen molar-refractivity contribution in [3.63, 3.8) is 0 Å². The maximum Gasteiger partial charge on any atom is 0.126 e. The molecule has 0 aliphatic heterocycles. The van der Waals surface area contributed by atoms with Crippen molar-refractivity contribution >= 4 is 0 Å². The van der Waals surface area contributed by atoms with Crippen LogP contribution in [-0.4, -0.2) is 0 Å². The molecule has 118 valence electrons. The first-order valence-corrected chi connectivity index (χ1v) is 7.88. The highest BCUT2D eigenvalue weighted by Gasteiger charge is 2.13. The van der Waals surface area contributed by atoms with Gasteiger partial charge >= 0.3 is 0 Å². The summed E-state index contributed by atoms with van der Waals surface area (Å²) < 4.78 is 13.3. The monoisotopic (exact) mass is 299 g/mol. The predicted molar refractivity (Wildman–Crippen MR) is 91.5 cm³/mol. The summed E-state index contributed by atoms with van der Waals surface area (Å²) >= 11 is 0. The van der Waals surface area contributed by atoms with Gasteiger partial charge in [0, 0.05) is 6.04 Å². The molecule has 0 saturated carbocycles. The SMILES string of the molecule is Cc1cc(C(N)CCc2ccc(C(C)(C)C)cc2)ccc1F. The van der Waals surface area contributed by atoms with Crippen molar-refractivity contribution in [2.45, 2.75) is 52.0 Å². The zero-order chi connectivity index (χ0) is 16.3. The maximum absolute atomic E-state index is 13.3. The van der Waals surface area contributed by atoms with Crippen LogP contribution in [-0.2, 0) is 11.8 Å². The van der Waals surface area contributed by atoms with Gasteiger partial charge in [0.05, 0.1) is 0 Å². The van der Waals surface area contributed by atoms with Crippen molar-refractivity contribution in [3.8, 4) is 0 Å². The lowest BCUT2D eigenvalue weighted by atomic mass is 9.86. The molecule has 0 fully saturated rings. The minimum atomic E-state index is -0.172. The Hall–Kier alpha value is -1.67. The molecule has 0 amide bonds. The van der Waals surface area contributed by atoms with Gasteiger partial charge in [-0.1, -0.05) is 57.2 Å². The van der Waals surface area contributed by atoms with Gasteiger partial charge in [-0.3, -0.25) is 0 Å². The first-order valence-electron chi connectivity index (χ1n) is 7.88. The van der Waals surface area contributed by atoms with Crippen LogP contribution in [0, 0.1) is 12.7 Å². The van der Waals surface area contributed by atoms with Crippen LogP contribution in [0.5, 0.6) is 0 Å². The summed E-state index contributed by atoms with van der Waals surface area (Å²) in [5, 5.41) is 0. The first-order chi connectivity index (χ1) is 10.3. The highest BCUT2D eigenvalue weighted by molar-refractivity contribution is 5.29. The van der Waals surface area contributed by atoms with Gasteiger partial charge in [-0.05, 0) is 53.5 Å². The molecular formula is C20H26FN. The van der Waals surface area contributed by atoms with Crippen LogP contribution in [0.2, 0.25) is 0 Å². The molecule has 0 bridgehead atoms. The van der Waals surface area contributed by atoms with E-state index in [9.17, 15) is 4.39 Å². The van der Waals surface area contributed by atoms with Crippen LogP contribution in [0.25, 0.3) is 0 Å². The Labute approximate surface area is 133 Å². The van der Waals surface area contributed by atoms with E-state index in [-0.39, 0.29) is 17.3 Å². The number of hydrogen-bond donors (Lipinski definition) is 1. The number of halogens is 1.